The molecule has 10 heteroatoms. The number of rotatable bonds is 10. The number of fused-ring (bicyclic) bond motifs is 1. The monoisotopic (exact) mass is 629 g/mol. The molecule has 0 unspecified atom stereocenters. The van der Waals surface area contributed by atoms with Gasteiger partial charge in [0, 0.05) is 42.6 Å². The number of esters is 1. The molecule has 0 fully saturated rings. The van der Waals surface area contributed by atoms with Crippen molar-refractivity contribution in [1.29, 1.82) is 5.26 Å². The summed E-state index contributed by atoms with van der Waals surface area (Å²) in [6.07, 6.45) is 4.73. The van der Waals surface area contributed by atoms with Crippen molar-refractivity contribution in [2.45, 2.75) is 32.9 Å². The molecular formula is C37H29F2N5O3. The Morgan fingerprint density at radius 3 is 2.57 bits per heavy atom. The highest BCUT2D eigenvalue weighted by atomic mass is 19.1. The Morgan fingerprint density at radius 1 is 0.936 bits per heavy atom. The second-order valence-electron chi connectivity index (χ2n) is 10.9. The number of aromatic nitrogens is 4. The molecule has 3 heterocycles. The van der Waals surface area contributed by atoms with E-state index in [1.165, 1.54) is 25.3 Å². The highest BCUT2D eigenvalue weighted by Gasteiger charge is 2.17. The van der Waals surface area contributed by atoms with E-state index < -0.39 is 17.6 Å². The quantitative estimate of drug-likeness (QED) is 0.148. The Bertz CT molecular complexity index is 2160. The first kappa shape index (κ1) is 31.0. The number of nitrogens with zero attached hydrogens (tertiary/aromatic N) is 5. The van der Waals surface area contributed by atoms with E-state index in [1.807, 2.05) is 29.0 Å². The van der Waals surface area contributed by atoms with Gasteiger partial charge in [0.2, 0.25) is 5.88 Å². The van der Waals surface area contributed by atoms with Crippen LogP contribution in [0.3, 0.4) is 0 Å². The molecule has 0 N–H and O–H groups in total. The van der Waals surface area contributed by atoms with Crippen LogP contribution in [0.5, 0.6) is 5.88 Å². The van der Waals surface area contributed by atoms with Crippen LogP contribution in [-0.4, -0.2) is 32.6 Å². The van der Waals surface area contributed by atoms with Gasteiger partial charge in [-0.1, -0.05) is 25.1 Å². The van der Waals surface area contributed by atoms with Crippen molar-refractivity contribution in [3.8, 4) is 23.2 Å². The van der Waals surface area contributed by atoms with Crippen molar-refractivity contribution in [2.75, 3.05) is 7.11 Å². The van der Waals surface area contributed by atoms with E-state index in [-0.39, 0.29) is 29.2 Å². The van der Waals surface area contributed by atoms with Crippen LogP contribution in [0.1, 0.15) is 50.9 Å². The molecule has 0 aliphatic heterocycles. The summed E-state index contributed by atoms with van der Waals surface area (Å²) in [6, 6.07) is 23.2. The molecule has 0 saturated heterocycles. The fraction of sp³-hybridized carbons (Fsp3) is 0.162. The van der Waals surface area contributed by atoms with Crippen LogP contribution in [-0.2, 0) is 30.7 Å². The molecule has 0 radical (unpaired) electrons. The van der Waals surface area contributed by atoms with Crippen molar-refractivity contribution >= 4 is 17.0 Å². The fourth-order valence-electron chi connectivity index (χ4n) is 5.42. The molecule has 3 aromatic carbocycles. The van der Waals surface area contributed by atoms with E-state index in [2.05, 4.69) is 16.9 Å². The summed E-state index contributed by atoms with van der Waals surface area (Å²) < 4.78 is 42.6. The molecule has 6 aromatic rings. The molecule has 0 atom stereocenters. The Kier molecular flexibility index (Phi) is 8.97. The van der Waals surface area contributed by atoms with Gasteiger partial charge in [-0.3, -0.25) is 4.98 Å². The summed E-state index contributed by atoms with van der Waals surface area (Å²) in [5.41, 5.74) is 5.88. The second-order valence-corrected chi connectivity index (χ2v) is 10.9. The van der Waals surface area contributed by atoms with Crippen LogP contribution in [0.2, 0.25) is 0 Å². The zero-order chi connectivity index (χ0) is 32.9. The van der Waals surface area contributed by atoms with Crippen LogP contribution in [0, 0.1) is 23.0 Å². The Hall–Kier alpha value is -5.95. The Morgan fingerprint density at radius 2 is 1.81 bits per heavy atom. The van der Waals surface area contributed by atoms with Gasteiger partial charge in [0.05, 0.1) is 41.0 Å². The molecule has 0 bridgehead atoms. The first-order chi connectivity index (χ1) is 22.9. The van der Waals surface area contributed by atoms with Gasteiger partial charge < -0.3 is 14.0 Å². The summed E-state index contributed by atoms with van der Waals surface area (Å²) >= 11 is 0. The maximum atomic E-state index is 15.6. The minimum absolute atomic E-state index is 0.100. The van der Waals surface area contributed by atoms with Gasteiger partial charge >= 0.3 is 5.97 Å². The number of benzene rings is 3. The first-order valence-corrected chi connectivity index (χ1v) is 14.9. The lowest BCUT2D eigenvalue weighted by Gasteiger charge is -2.13. The SMILES string of the molecule is CCc1cnccc1Cn1c(Cc2ccc(-c3cccc(OCc4ccc(C#N)cc4F)n3)c(F)c2)nc2ccc(C(=O)OC)cc21. The van der Waals surface area contributed by atoms with Gasteiger partial charge in [0.1, 0.15) is 24.1 Å². The molecule has 0 amide bonds. The number of hydrogen-bond donors (Lipinski definition) is 0. The minimum atomic E-state index is -0.550. The number of aryl methyl sites for hydroxylation is 1. The average Bonchev–Trinajstić information content (AvgIpc) is 3.43. The van der Waals surface area contributed by atoms with Crippen LogP contribution in [0.4, 0.5) is 8.78 Å². The third-order valence-corrected chi connectivity index (χ3v) is 7.92. The number of hydrogen-bond acceptors (Lipinski definition) is 7. The summed E-state index contributed by atoms with van der Waals surface area (Å²) in [7, 11) is 1.34. The van der Waals surface area contributed by atoms with Crippen molar-refractivity contribution in [3.63, 3.8) is 0 Å². The second kappa shape index (κ2) is 13.6. The van der Waals surface area contributed by atoms with Crippen molar-refractivity contribution in [3.05, 3.63) is 142 Å². The largest absolute Gasteiger partial charge is 0.473 e. The summed E-state index contributed by atoms with van der Waals surface area (Å²) in [4.78, 5) is 25.9. The summed E-state index contributed by atoms with van der Waals surface area (Å²) in [5, 5.41) is 8.95. The molecule has 0 aliphatic carbocycles. The number of halogens is 2. The molecule has 3 aromatic heterocycles. The molecule has 8 nitrogen and oxygen atoms in total. The molecule has 0 saturated carbocycles. The van der Waals surface area contributed by atoms with Gasteiger partial charge in [-0.25, -0.2) is 23.5 Å². The number of carbonyl (C=O) groups excluding carboxylic acids is 1. The predicted molar refractivity (Wildman–Crippen MR) is 172 cm³/mol. The normalized spacial score (nSPS) is 11.0. The molecule has 6 rings (SSSR count). The minimum Gasteiger partial charge on any atom is -0.473 e. The van der Waals surface area contributed by atoms with Gasteiger partial charge in [-0.2, -0.15) is 5.26 Å². The predicted octanol–water partition coefficient (Wildman–Crippen LogP) is 7.21. The number of methoxy groups -OCH3 is 1. The number of carbonyl (C=O) groups is 1. The highest BCUT2D eigenvalue weighted by Crippen LogP contribution is 2.27. The van der Waals surface area contributed by atoms with E-state index in [0.29, 0.717) is 41.1 Å². The smallest absolute Gasteiger partial charge is 0.337 e. The van der Waals surface area contributed by atoms with Crippen LogP contribution < -0.4 is 4.74 Å². The lowest BCUT2D eigenvalue weighted by atomic mass is 10.0. The van der Waals surface area contributed by atoms with E-state index in [1.54, 1.807) is 48.7 Å². The maximum Gasteiger partial charge on any atom is 0.337 e. The number of pyridine rings is 2. The molecule has 0 spiro atoms. The first-order valence-electron chi connectivity index (χ1n) is 14.9. The lowest BCUT2D eigenvalue weighted by molar-refractivity contribution is 0.0601. The summed E-state index contributed by atoms with van der Waals surface area (Å²) in [5.74, 6) is -0.551. The van der Waals surface area contributed by atoms with Crippen LogP contribution in [0.15, 0.2) is 91.3 Å². The average molecular weight is 630 g/mol. The number of imidazole rings is 1. The van der Waals surface area contributed by atoms with Crippen molar-refractivity contribution in [2.24, 2.45) is 0 Å². The van der Waals surface area contributed by atoms with Gasteiger partial charge in [-0.05, 0) is 77.7 Å². The molecule has 0 aliphatic rings. The standard InChI is InChI=1S/C37H29F2N5O3/c1-3-25-20-41-14-13-27(25)21-44-34-18-26(37(45)46-2)10-12-33(34)42-35(44)17-23-8-11-29(31(39)15-23)32-5-4-6-36(43-32)47-22-28-9-7-24(19-40)16-30(28)38/h4-16,18,20H,3,17,21-22H2,1-2H3. The zero-order valence-corrected chi connectivity index (χ0v) is 25.7. The van der Waals surface area contributed by atoms with E-state index >= 15 is 4.39 Å². The van der Waals surface area contributed by atoms with Crippen LogP contribution in [0.25, 0.3) is 22.3 Å². The third kappa shape index (κ3) is 6.70. The van der Waals surface area contributed by atoms with Crippen molar-refractivity contribution < 1.29 is 23.0 Å². The Labute approximate surface area is 269 Å². The summed E-state index contributed by atoms with van der Waals surface area (Å²) in [6.45, 7) is 2.46. The van der Waals surface area contributed by atoms with E-state index in [4.69, 9.17) is 19.7 Å². The third-order valence-electron chi connectivity index (χ3n) is 7.92. The van der Waals surface area contributed by atoms with Crippen LogP contribution >= 0.6 is 0 Å². The zero-order valence-electron chi connectivity index (χ0n) is 25.7. The number of ether oxygens (including phenoxy) is 2. The van der Waals surface area contributed by atoms with Gasteiger partial charge in [0.25, 0.3) is 0 Å². The lowest BCUT2D eigenvalue weighted by Crippen LogP contribution is -2.09. The van der Waals surface area contributed by atoms with Crippen molar-refractivity contribution in [1.82, 2.24) is 19.5 Å². The highest BCUT2D eigenvalue weighted by molar-refractivity contribution is 5.93. The molecular weight excluding hydrogens is 600 g/mol. The number of nitriles is 1. The fourth-order valence-corrected chi connectivity index (χ4v) is 5.42. The molecule has 47 heavy (non-hydrogen) atoms. The Balaban J connectivity index is 1.28. The topological polar surface area (TPSA) is 103 Å². The van der Waals surface area contributed by atoms with E-state index in [9.17, 15) is 9.18 Å². The maximum absolute atomic E-state index is 15.6. The molecule has 234 valence electrons. The van der Waals surface area contributed by atoms with E-state index in [0.717, 1.165) is 29.1 Å². The van der Waals surface area contributed by atoms with Gasteiger partial charge in [0.15, 0.2) is 0 Å². The van der Waals surface area contributed by atoms with Gasteiger partial charge in [-0.15, -0.1) is 0 Å².